The van der Waals surface area contributed by atoms with Gasteiger partial charge in [-0.05, 0) is 214 Å². The van der Waals surface area contributed by atoms with Gasteiger partial charge in [-0.1, -0.05) is 368 Å². The van der Waals surface area contributed by atoms with Gasteiger partial charge in [0.2, 0.25) is 23.6 Å². The van der Waals surface area contributed by atoms with Gasteiger partial charge in [-0.3, -0.25) is 19.2 Å². The van der Waals surface area contributed by atoms with E-state index in [0.29, 0.717) is 0 Å². The molecule has 4 saturated carbocycles. The van der Waals surface area contributed by atoms with Crippen molar-refractivity contribution >= 4 is 46.4 Å². The van der Waals surface area contributed by atoms with Gasteiger partial charge < -0.3 is 21.3 Å². The molecule has 8 aliphatic rings. The molecule has 12 aromatic carbocycles. The van der Waals surface area contributed by atoms with E-state index in [2.05, 4.69) is 215 Å². The third-order valence-electron chi connectivity index (χ3n) is 28.2. The monoisotopic (exact) mass is 1520 g/mol. The van der Waals surface area contributed by atoms with Crippen molar-refractivity contribution in [3.8, 4) is 0 Å². The van der Waals surface area contributed by atoms with E-state index in [1.54, 1.807) is 0 Å². The quantitative estimate of drug-likeness (QED) is 0.0975. The first-order chi connectivity index (χ1) is 57.0. The highest BCUT2D eigenvalue weighted by molar-refractivity contribution is 6.06. The molecule has 0 unspecified atom stereocenters. The molecule has 8 heteroatoms. The molecule has 0 saturated heterocycles. The molecule has 8 aliphatic carbocycles. The van der Waals surface area contributed by atoms with E-state index in [-0.39, 0.29) is 45.3 Å². The van der Waals surface area contributed by atoms with Gasteiger partial charge in [-0.2, -0.15) is 0 Å². The van der Waals surface area contributed by atoms with Crippen molar-refractivity contribution in [2.75, 3.05) is 21.3 Å². The predicted molar refractivity (Wildman–Crippen MR) is 472 cm³/mol. The summed E-state index contributed by atoms with van der Waals surface area (Å²) in [4.78, 5) is 56.1. The van der Waals surface area contributed by atoms with Gasteiger partial charge in [-0.25, -0.2) is 0 Å². The third-order valence-corrected chi connectivity index (χ3v) is 28.2. The first-order valence-corrected chi connectivity index (χ1v) is 43.1. The van der Waals surface area contributed by atoms with E-state index >= 15 is 0 Å². The molecular formula is C108H108N4O4. The highest BCUT2D eigenvalue weighted by Gasteiger charge is 2.61. The van der Waals surface area contributed by atoms with Crippen molar-refractivity contribution in [3.63, 3.8) is 0 Å². The van der Waals surface area contributed by atoms with Crippen molar-refractivity contribution in [1.29, 1.82) is 0 Å². The Bertz CT molecular complexity index is 4690. The lowest BCUT2D eigenvalue weighted by molar-refractivity contribution is -0.121. The number of benzene rings is 12. The van der Waals surface area contributed by atoms with Crippen LogP contribution in [0.1, 0.15) is 221 Å². The van der Waals surface area contributed by atoms with Crippen molar-refractivity contribution in [3.05, 3.63) is 406 Å². The van der Waals surface area contributed by atoms with Crippen LogP contribution in [0, 0.1) is 0 Å². The fourth-order valence-corrected chi connectivity index (χ4v) is 23.1. The summed E-state index contributed by atoms with van der Waals surface area (Å²) in [5, 5.41) is 13.0. The summed E-state index contributed by atoms with van der Waals surface area (Å²) >= 11 is 0. The minimum atomic E-state index is -0.648. The number of rotatable bonds is 12. The van der Waals surface area contributed by atoms with Crippen LogP contribution in [0.25, 0.3) is 0 Å². The lowest BCUT2D eigenvalue weighted by atomic mass is 9.66. The number of carbonyl (C=O) groups excluding carboxylic acids is 4. The molecule has 8 nitrogen and oxygen atoms in total. The summed E-state index contributed by atoms with van der Waals surface area (Å²) < 4.78 is 0. The second-order valence-electron chi connectivity index (χ2n) is 34.6. The smallest absolute Gasteiger partial charge is 0.239 e. The van der Waals surface area contributed by atoms with Crippen molar-refractivity contribution in [1.82, 2.24) is 0 Å². The van der Waals surface area contributed by atoms with E-state index in [9.17, 15) is 19.2 Å². The molecule has 0 aliphatic heterocycles. The van der Waals surface area contributed by atoms with Gasteiger partial charge in [0, 0.05) is 22.7 Å². The van der Waals surface area contributed by atoms with Crippen LogP contribution in [-0.2, 0) is 62.5 Å². The van der Waals surface area contributed by atoms with Crippen LogP contribution in [0.2, 0.25) is 0 Å². The maximum absolute atomic E-state index is 14.0. The second kappa shape index (κ2) is 33.4. The predicted octanol–water partition coefficient (Wildman–Crippen LogP) is 24.9. The molecule has 12 aromatic rings. The molecule has 0 aromatic heterocycles. The van der Waals surface area contributed by atoms with Gasteiger partial charge in [0.25, 0.3) is 0 Å². The van der Waals surface area contributed by atoms with Crippen LogP contribution < -0.4 is 21.3 Å². The fourth-order valence-electron chi connectivity index (χ4n) is 23.1. The van der Waals surface area contributed by atoms with Gasteiger partial charge in [0.1, 0.15) is 21.7 Å². The summed E-state index contributed by atoms with van der Waals surface area (Å²) in [6.07, 6.45) is 28.1. The Morgan fingerprint density at radius 3 is 0.491 bits per heavy atom. The standard InChI is InChI=1S/4C27H27NO/c4*29-25(28-22-14-6-2-7-15-22)27(21-12-4-1-5-13-21)20-26(18-10-3-11-19-26)23-16-8-9-17-24(23)27/h4*1-2,4-9,12-17H,3,10-11,18-20H2,(H,28,29)/t4*27-/m1100/s1. The van der Waals surface area contributed by atoms with E-state index in [1.807, 2.05) is 146 Å². The highest BCUT2D eigenvalue weighted by atomic mass is 16.2. The summed E-state index contributed by atoms with van der Waals surface area (Å²) in [5.74, 6) is 0.351. The average molecular weight is 1530 g/mol. The molecule has 116 heavy (non-hydrogen) atoms. The Morgan fingerprint density at radius 2 is 0.319 bits per heavy atom. The number of fused-ring (bicyclic) bond motifs is 8. The summed E-state index contributed by atoms with van der Waals surface area (Å²) in [6.45, 7) is 0. The lowest BCUT2D eigenvalue weighted by Gasteiger charge is -2.37. The van der Waals surface area contributed by atoms with E-state index in [4.69, 9.17) is 0 Å². The molecular weight excluding hydrogens is 1420 g/mol. The number of hydrogen-bond acceptors (Lipinski definition) is 4. The maximum Gasteiger partial charge on any atom is 0.239 e. The first kappa shape index (κ1) is 77.1. The summed E-state index contributed by atoms with van der Waals surface area (Å²) in [5.41, 5.74) is 16.0. The Balaban J connectivity index is 0.000000111. The normalized spacial score (nSPS) is 22.2. The molecule has 0 radical (unpaired) electrons. The minimum absolute atomic E-state index is 0.0878. The number of para-hydroxylation sites is 4. The average Bonchev–Trinajstić information content (AvgIpc) is 1.57. The topological polar surface area (TPSA) is 116 Å². The Kier molecular flexibility index (Phi) is 22.2. The Morgan fingerprint density at radius 1 is 0.172 bits per heavy atom. The molecule has 20 rings (SSSR count). The maximum atomic E-state index is 14.0. The van der Waals surface area contributed by atoms with E-state index in [0.717, 1.165) is 70.7 Å². The van der Waals surface area contributed by atoms with E-state index in [1.165, 1.54) is 173 Å². The van der Waals surface area contributed by atoms with E-state index < -0.39 is 21.7 Å². The molecule has 4 amide bonds. The number of nitrogens with one attached hydrogen (secondary N) is 4. The summed E-state index contributed by atoms with van der Waals surface area (Å²) in [7, 11) is 0. The minimum Gasteiger partial charge on any atom is -0.325 e. The number of hydrogen-bond donors (Lipinski definition) is 4. The molecule has 0 bridgehead atoms. The van der Waals surface area contributed by atoms with Crippen LogP contribution in [0.15, 0.2) is 340 Å². The lowest BCUT2D eigenvalue weighted by Crippen LogP contribution is -2.42. The Labute approximate surface area is 686 Å². The summed E-state index contributed by atoms with van der Waals surface area (Å²) in [6, 6.07) is 116. The largest absolute Gasteiger partial charge is 0.325 e. The third kappa shape index (κ3) is 14.2. The Hall–Kier alpha value is -11.5. The van der Waals surface area contributed by atoms with Crippen LogP contribution in [0.5, 0.6) is 0 Å². The van der Waals surface area contributed by atoms with Crippen molar-refractivity contribution < 1.29 is 19.2 Å². The zero-order chi connectivity index (χ0) is 78.9. The van der Waals surface area contributed by atoms with Crippen molar-refractivity contribution in [2.45, 2.75) is 197 Å². The van der Waals surface area contributed by atoms with Crippen LogP contribution in [-0.4, -0.2) is 23.6 Å². The number of amides is 4. The van der Waals surface area contributed by atoms with Gasteiger partial charge in [0.15, 0.2) is 0 Å². The highest BCUT2D eigenvalue weighted by Crippen LogP contribution is 2.63. The molecule has 4 fully saturated rings. The molecule has 584 valence electrons. The second-order valence-corrected chi connectivity index (χ2v) is 34.6. The van der Waals surface area contributed by atoms with Gasteiger partial charge in [0.05, 0.1) is 0 Å². The zero-order valence-corrected chi connectivity index (χ0v) is 66.9. The molecule has 4 spiro atoms. The first-order valence-electron chi connectivity index (χ1n) is 43.1. The molecule has 0 heterocycles. The van der Waals surface area contributed by atoms with Gasteiger partial charge in [-0.15, -0.1) is 0 Å². The van der Waals surface area contributed by atoms with Crippen LogP contribution >= 0.6 is 0 Å². The SMILES string of the molecule is O=C(Nc1ccccc1)[C@@]1(c2ccccc2)CC2(CCCCC2)c2ccccc21.O=C(Nc1ccccc1)[C@@]1(c2ccccc2)CC2(CCCCC2)c2ccccc21.O=C(Nc1ccccc1)[C@]1(c2ccccc2)CC2(CCCCC2)c2ccccc21.O=C(Nc1ccccc1)[C@]1(c2ccccc2)CC2(CCCCC2)c2ccccc21. The van der Waals surface area contributed by atoms with Crippen LogP contribution in [0.3, 0.4) is 0 Å². The number of anilines is 4. The fraction of sp³-hybridized carbons (Fsp3) is 0.296. The molecule has 4 atom stereocenters. The van der Waals surface area contributed by atoms with Crippen molar-refractivity contribution in [2.24, 2.45) is 0 Å². The zero-order valence-electron chi connectivity index (χ0n) is 66.9. The molecule has 4 N–H and O–H groups in total. The number of carbonyl (C=O) groups is 4. The van der Waals surface area contributed by atoms with Gasteiger partial charge >= 0.3 is 0 Å². The van der Waals surface area contributed by atoms with Crippen LogP contribution in [0.4, 0.5) is 22.7 Å².